The second-order valence-corrected chi connectivity index (χ2v) is 6.82. The molecule has 0 aliphatic rings. The average Bonchev–Trinajstić information content (AvgIpc) is 3.07. The highest BCUT2D eigenvalue weighted by Gasteiger charge is 2.31. The monoisotopic (exact) mass is 409 g/mol. The van der Waals surface area contributed by atoms with Crippen molar-refractivity contribution >= 4 is 0 Å². The van der Waals surface area contributed by atoms with Crippen LogP contribution in [-0.4, -0.2) is 16.8 Å². The van der Waals surface area contributed by atoms with Crippen LogP contribution in [-0.2, 0) is 18.4 Å². The molecule has 0 saturated carbocycles. The molecule has 1 N–H and O–H groups in total. The highest BCUT2D eigenvalue weighted by atomic mass is 19.4. The first-order chi connectivity index (χ1) is 13.6. The van der Waals surface area contributed by atoms with Gasteiger partial charge >= 0.3 is 6.18 Å². The Hall–Kier alpha value is -2.87. The van der Waals surface area contributed by atoms with Gasteiger partial charge in [-0.1, -0.05) is 18.2 Å². The first-order valence-electron chi connectivity index (χ1n) is 8.76. The van der Waals surface area contributed by atoms with Crippen LogP contribution in [0.4, 0.5) is 17.6 Å². The third kappa shape index (κ3) is 4.76. The number of ether oxygens (including phenoxy) is 1. The maximum absolute atomic E-state index is 13.0. The molecule has 3 aromatic rings. The van der Waals surface area contributed by atoms with Crippen LogP contribution in [0, 0.1) is 6.92 Å². The van der Waals surface area contributed by atoms with Crippen LogP contribution in [0.2, 0.25) is 0 Å². The Kier molecular flexibility index (Phi) is 5.66. The molecule has 0 fully saturated rings. The molecule has 0 aliphatic heterocycles. The van der Waals surface area contributed by atoms with Gasteiger partial charge in [0.25, 0.3) is 0 Å². The van der Waals surface area contributed by atoms with E-state index in [0.717, 1.165) is 12.1 Å². The lowest BCUT2D eigenvalue weighted by molar-refractivity contribution is -0.137. The van der Waals surface area contributed by atoms with E-state index >= 15 is 0 Å². The minimum Gasteiger partial charge on any atom is -0.487 e. The molecule has 1 atom stereocenters. The third-order valence-corrected chi connectivity index (χ3v) is 4.42. The van der Waals surface area contributed by atoms with Crippen LogP contribution in [0.5, 0.6) is 5.75 Å². The van der Waals surface area contributed by atoms with Gasteiger partial charge in [0, 0.05) is 5.56 Å². The fourth-order valence-electron chi connectivity index (χ4n) is 2.66. The minimum absolute atomic E-state index is 0.00445. The van der Waals surface area contributed by atoms with Crippen LogP contribution < -0.4 is 4.74 Å². The van der Waals surface area contributed by atoms with E-state index in [2.05, 4.69) is 4.98 Å². The van der Waals surface area contributed by atoms with Crippen molar-refractivity contribution in [2.45, 2.75) is 32.2 Å². The molecule has 4 nitrogen and oxygen atoms in total. The van der Waals surface area contributed by atoms with Crippen LogP contribution in [0.1, 0.15) is 29.5 Å². The Bertz CT molecular complexity index is 996. The number of hydrogen-bond donors (Lipinski definition) is 1. The fourth-order valence-corrected chi connectivity index (χ4v) is 2.66. The number of rotatable bonds is 6. The van der Waals surface area contributed by atoms with Crippen LogP contribution in [0.25, 0.3) is 11.5 Å². The summed E-state index contributed by atoms with van der Waals surface area (Å²) in [5.41, 5.74) is -1.44. The van der Waals surface area contributed by atoms with Crippen LogP contribution in [0.15, 0.2) is 52.9 Å². The Morgan fingerprint density at radius 3 is 2.45 bits per heavy atom. The standard InChI is InChI=1S/C21H19F4NO3/c1-13-18(11-28-17-8-4-6-15(10-17)20(2,27)12-22)26-19(29-13)14-5-3-7-16(9-14)21(23,24)25/h3-10,27H,11-12H2,1-2H3. The predicted molar refractivity (Wildman–Crippen MR) is 98.0 cm³/mol. The topological polar surface area (TPSA) is 55.5 Å². The van der Waals surface area contributed by atoms with Crippen molar-refractivity contribution in [3.63, 3.8) is 0 Å². The van der Waals surface area contributed by atoms with Gasteiger partial charge < -0.3 is 14.3 Å². The summed E-state index contributed by atoms with van der Waals surface area (Å²) >= 11 is 0. The van der Waals surface area contributed by atoms with E-state index in [9.17, 15) is 22.7 Å². The number of oxazole rings is 1. The van der Waals surface area contributed by atoms with Gasteiger partial charge in [0.1, 0.15) is 36.1 Å². The van der Waals surface area contributed by atoms with E-state index in [1.807, 2.05) is 0 Å². The third-order valence-electron chi connectivity index (χ3n) is 4.42. The molecule has 1 heterocycles. The van der Waals surface area contributed by atoms with E-state index in [-0.39, 0.29) is 18.1 Å². The van der Waals surface area contributed by atoms with Gasteiger partial charge in [0.15, 0.2) is 0 Å². The van der Waals surface area contributed by atoms with E-state index in [4.69, 9.17) is 9.15 Å². The van der Waals surface area contributed by atoms with Crippen molar-refractivity contribution in [3.8, 4) is 17.2 Å². The molecule has 0 radical (unpaired) electrons. The van der Waals surface area contributed by atoms with Crippen molar-refractivity contribution in [1.82, 2.24) is 4.98 Å². The van der Waals surface area contributed by atoms with Crippen molar-refractivity contribution in [2.24, 2.45) is 0 Å². The number of benzene rings is 2. The summed E-state index contributed by atoms with van der Waals surface area (Å²) in [5.74, 6) is 0.852. The molecular weight excluding hydrogens is 390 g/mol. The molecule has 0 amide bonds. The molecule has 0 spiro atoms. The van der Waals surface area contributed by atoms with Crippen LogP contribution >= 0.6 is 0 Å². The molecule has 2 aromatic carbocycles. The zero-order valence-electron chi connectivity index (χ0n) is 15.8. The number of hydrogen-bond acceptors (Lipinski definition) is 4. The minimum atomic E-state index is -4.46. The normalized spacial score (nSPS) is 13.9. The molecule has 8 heteroatoms. The van der Waals surface area contributed by atoms with Gasteiger partial charge in [-0.3, -0.25) is 0 Å². The summed E-state index contributed by atoms with van der Waals surface area (Å²) in [5, 5.41) is 10.0. The number of aromatic nitrogens is 1. The summed E-state index contributed by atoms with van der Waals surface area (Å²) in [6.45, 7) is 2.04. The summed E-state index contributed by atoms with van der Waals surface area (Å²) in [6, 6.07) is 11.1. The summed E-state index contributed by atoms with van der Waals surface area (Å²) < 4.78 is 62.8. The van der Waals surface area contributed by atoms with Crippen molar-refractivity contribution < 1.29 is 31.8 Å². The zero-order chi connectivity index (χ0) is 21.2. The first kappa shape index (κ1) is 20.9. The van der Waals surface area contributed by atoms with E-state index < -0.39 is 24.0 Å². The number of alkyl halides is 4. The van der Waals surface area contributed by atoms with Crippen molar-refractivity contribution in [3.05, 3.63) is 71.1 Å². The second-order valence-electron chi connectivity index (χ2n) is 6.82. The summed E-state index contributed by atoms with van der Waals surface area (Å²) in [6.07, 6.45) is -4.46. The summed E-state index contributed by atoms with van der Waals surface area (Å²) in [4.78, 5) is 4.24. The summed E-state index contributed by atoms with van der Waals surface area (Å²) in [7, 11) is 0. The Morgan fingerprint density at radius 2 is 1.76 bits per heavy atom. The lowest BCUT2D eigenvalue weighted by Crippen LogP contribution is -2.23. The smallest absolute Gasteiger partial charge is 0.416 e. The quantitative estimate of drug-likeness (QED) is 0.552. The zero-order valence-corrected chi connectivity index (χ0v) is 15.8. The number of aryl methyl sites for hydroxylation is 1. The van der Waals surface area contributed by atoms with Crippen molar-refractivity contribution in [1.29, 1.82) is 0 Å². The molecule has 1 aromatic heterocycles. The molecule has 3 rings (SSSR count). The van der Waals surface area contributed by atoms with Crippen LogP contribution in [0.3, 0.4) is 0 Å². The van der Waals surface area contributed by atoms with Gasteiger partial charge in [-0.05, 0) is 49.7 Å². The molecule has 29 heavy (non-hydrogen) atoms. The molecule has 0 aliphatic carbocycles. The Morgan fingerprint density at radius 1 is 1.07 bits per heavy atom. The molecule has 0 bridgehead atoms. The highest BCUT2D eigenvalue weighted by Crippen LogP contribution is 2.32. The number of nitrogens with zero attached hydrogens (tertiary/aromatic N) is 1. The predicted octanol–water partition coefficient (Wildman–Crippen LogP) is 5.42. The van der Waals surface area contributed by atoms with Crippen molar-refractivity contribution in [2.75, 3.05) is 6.67 Å². The highest BCUT2D eigenvalue weighted by molar-refractivity contribution is 5.55. The Labute approximate surface area is 164 Å². The van der Waals surface area contributed by atoms with Gasteiger partial charge in [0.2, 0.25) is 5.89 Å². The lowest BCUT2D eigenvalue weighted by atomic mass is 9.97. The van der Waals surface area contributed by atoms with Gasteiger partial charge in [0.05, 0.1) is 5.56 Å². The van der Waals surface area contributed by atoms with E-state index in [1.165, 1.54) is 25.1 Å². The molecule has 0 saturated heterocycles. The SMILES string of the molecule is Cc1oc(-c2cccc(C(F)(F)F)c2)nc1COc1cccc(C(C)(O)CF)c1. The first-order valence-corrected chi connectivity index (χ1v) is 8.76. The lowest BCUT2D eigenvalue weighted by Gasteiger charge is -2.20. The number of halogens is 4. The Balaban J connectivity index is 1.78. The van der Waals surface area contributed by atoms with E-state index in [0.29, 0.717) is 22.8 Å². The largest absolute Gasteiger partial charge is 0.487 e. The molecule has 154 valence electrons. The van der Waals surface area contributed by atoms with E-state index in [1.54, 1.807) is 25.1 Å². The van der Waals surface area contributed by atoms with Gasteiger partial charge in [-0.25, -0.2) is 9.37 Å². The average molecular weight is 409 g/mol. The maximum atomic E-state index is 13.0. The fraction of sp³-hybridized carbons (Fsp3) is 0.286. The van der Waals surface area contributed by atoms with Gasteiger partial charge in [-0.15, -0.1) is 0 Å². The molecular formula is C21H19F4NO3. The molecule has 1 unspecified atom stereocenters. The van der Waals surface area contributed by atoms with Gasteiger partial charge in [-0.2, -0.15) is 13.2 Å². The maximum Gasteiger partial charge on any atom is 0.416 e. The second kappa shape index (κ2) is 7.87. The number of aliphatic hydroxyl groups is 1.